The van der Waals surface area contributed by atoms with Crippen LogP contribution in [0.25, 0.3) is 0 Å². The molecule has 0 spiro atoms. The van der Waals surface area contributed by atoms with Crippen molar-refractivity contribution in [2.75, 3.05) is 6.54 Å². The van der Waals surface area contributed by atoms with Crippen LogP contribution in [0.2, 0.25) is 0 Å². The molecule has 0 saturated carbocycles. The third kappa shape index (κ3) is 5.33. The zero-order valence-electron chi connectivity index (χ0n) is 13.6. The number of hydrogen-bond donors (Lipinski definition) is 1. The van der Waals surface area contributed by atoms with Gasteiger partial charge in [-0.1, -0.05) is 31.2 Å². The lowest BCUT2D eigenvalue weighted by atomic mass is 10.1. The van der Waals surface area contributed by atoms with Crippen LogP contribution in [-0.2, 0) is 11.2 Å². The van der Waals surface area contributed by atoms with Crippen molar-refractivity contribution in [3.63, 3.8) is 0 Å². The minimum atomic E-state index is -0.729. The maximum atomic E-state index is 13.6. The number of para-hydroxylation sites is 1. The number of amides is 1. The average Bonchev–Trinajstić information content (AvgIpc) is 2.59. The van der Waals surface area contributed by atoms with Crippen LogP contribution < -0.4 is 10.1 Å². The highest BCUT2D eigenvalue weighted by atomic mass is 19.1. The number of rotatable bonds is 8. The first-order valence-corrected chi connectivity index (χ1v) is 8.03. The largest absolute Gasteiger partial charge is 0.478 e. The first-order valence-electron chi connectivity index (χ1n) is 8.03. The lowest BCUT2D eigenvalue weighted by molar-refractivity contribution is -0.128. The molecule has 1 N–H and O–H groups in total. The highest BCUT2D eigenvalue weighted by Crippen LogP contribution is 2.18. The van der Waals surface area contributed by atoms with E-state index in [1.165, 1.54) is 24.3 Å². The van der Waals surface area contributed by atoms with Gasteiger partial charge >= 0.3 is 0 Å². The molecular formula is C19H21F2NO2. The van der Waals surface area contributed by atoms with E-state index in [9.17, 15) is 13.6 Å². The van der Waals surface area contributed by atoms with Crippen molar-refractivity contribution >= 4 is 5.91 Å². The number of carbonyl (C=O) groups is 1. The molecule has 3 nitrogen and oxygen atoms in total. The van der Waals surface area contributed by atoms with Crippen molar-refractivity contribution in [2.45, 2.75) is 32.3 Å². The highest BCUT2D eigenvalue weighted by Gasteiger charge is 2.19. The minimum Gasteiger partial charge on any atom is -0.478 e. The molecule has 128 valence electrons. The Kier molecular flexibility index (Phi) is 6.73. The van der Waals surface area contributed by atoms with Gasteiger partial charge in [0.25, 0.3) is 5.91 Å². The summed E-state index contributed by atoms with van der Waals surface area (Å²) >= 11 is 0. The Morgan fingerprint density at radius 1 is 1.12 bits per heavy atom. The number of hydrogen-bond acceptors (Lipinski definition) is 2. The third-order valence-electron chi connectivity index (χ3n) is 3.62. The molecular weight excluding hydrogens is 312 g/mol. The molecule has 0 aromatic heterocycles. The fraction of sp³-hybridized carbons (Fsp3) is 0.316. The maximum absolute atomic E-state index is 13.6. The van der Waals surface area contributed by atoms with Crippen LogP contribution in [-0.4, -0.2) is 18.6 Å². The van der Waals surface area contributed by atoms with Gasteiger partial charge in [-0.15, -0.1) is 0 Å². The van der Waals surface area contributed by atoms with Crippen molar-refractivity contribution in [3.8, 4) is 5.75 Å². The predicted molar refractivity (Wildman–Crippen MR) is 88.8 cm³/mol. The Morgan fingerprint density at radius 2 is 1.83 bits per heavy atom. The Labute approximate surface area is 140 Å². The van der Waals surface area contributed by atoms with Gasteiger partial charge in [-0.2, -0.15) is 0 Å². The van der Waals surface area contributed by atoms with Gasteiger partial charge in [-0.3, -0.25) is 4.79 Å². The molecule has 0 heterocycles. The molecule has 2 aromatic carbocycles. The predicted octanol–water partition coefficient (Wildman–Crippen LogP) is 3.87. The lowest BCUT2D eigenvalue weighted by Crippen LogP contribution is -2.38. The molecule has 5 heteroatoms. The number of nitrogens with one attached hydrogen (secondary N) is 1. The van der Waals surface area contributed by atoms with Gasteiger partial charge in [0.15, 0.2) is 17.7 Å². The summed E-state index contributed by atoms with van der Waals surface area (Å²) in [6.07, 6.45) is 1.18. The monoisotopic (exact) mass is 333 g/mol. The van der Waals surface area contributed by atoms with Crippen LogP contribution in [0.5, 0.6) is 5.75 Å². The number of aryl methyl sites for hydroxylation is 1. The van der Waals surface area contributed by atoms with Gasteiger partial charge in [0, 0.05) is 6.54 Å². The fourth-order valence-electron chi connectivity index (χ4n) is 2.28. The standard InChI is InChI=1S/C19H21F2NO2/c1-2-17(24-18-8-4-3-7-16(18)21)19(23)22-13-5-6-14-9-11-15(20)12-10-14/h3-4,7-12,17H,2,5-6,13H2,1H3,(H,22,23). The first kappa shape index (κ1) is 17.9. The molecule has 0 aliphatic heterocycles. The Balaban J connectivity index is 1.77. The number of ether oxygens (including phenoxy) is 1. The van der Waals surface area contributed by atoms with Crippen LogP contribution in [0.3, 0.4) is 0 Å². The average molecular weight is 333 g/mol. The summed E-state index contributed by atoms with van der Waals surface area (Å²) in [5.41, 5.74) is 1.01. The lowest BCUT2D eigenvalue weighted by Gasteiger charge is -2.17. The molecule has 0 radical (unpaired) electrons. The second-order valence-corrected chi connectivity index (χ2v) is 5.47. The molecule has 2 rings (SSSR count). The molecule has 1 unspecified atom stereocenters. The fourth-order valence-corrected chi connectivity index (χ4v) is 2.28. The van der Waals surface area contributed by atoms with E-state index in [0.29, 0.717) is 13.0 Å². The van der Waals surface area contributed by atoms with Gasteiger partial charge in [-0.25, -0.2) is 8.78 Å². The quantitative estimate of drug-likeness (QED) is 0.745. The second kappa shape index (κ2) is 9.01. The van der Waals surface area contributed by atoms with Crippen LogP contribution in [0.4, 0.5) is 8.78 Å². The summed E-state index contributed by atoms with van der Waals surface area (Å²) in [5.74, 6) is -0.936. The highest BCUT2D eigenvalue weighted by molar-refractivity contribution is 5.81. The van der Waals surface area contributed by atoms with Crippen molar-refractivity contribution in [3.05, 3.63) is 65.7 Å². The van der Waals surface area contributed by atoms with E-state index in [0.717, 1.165) is 18.4 Å². The molecule has 0 saturated heterocycles. The smallest absolute Gasteiger partial charge is 0.261 e. The Morgan fingerprint density at radius 3 is 2.50 bits per heavy atom. The molecule has 0 aliphatic carbocycles. The normalized spacial score (nSPS) is 11.8. The van der Waals surface area contributed by atoms with E-state index >= 15 is 0 Å². The Hall–Kier alpha value is -2.43. The summed E-state index contributed by atoms with van der Waals surface area (Å²) < 4.78 is 31.9. The maximum Gasteiger partial charge on any atom is 0.261 e. The van der Waals surface area contributed by atoms with Crippen LogP contribution in [0, 0.1) is 11.6 Å². The summed E-state index contributed by atoms with van der Waals surface area (Å²) in [6, 6.07) is 12.3. The molecule has 2 aromatic rings. The molecule has 24 heavy (non-hydrogen) atoms. The molecule has 1 atom stereocenters. The summed E-state index contributed by atoms with van der Waals surface area (Å²) in [5, 5.41) is 2.79. The number of halogens is 2. The Bertz CT molecular complexity index is 659. The van der Waals surface area contributed by atoms with E-state index in [1.807, 2.05) is 6.92 Å². The van der Waals surface area contributed by atoms with Crippen LogP contribution >= 0.6 is 0 Å². The zero-order valence-corrected chi connectivity index (χ0v) is 13.6. The van der Waals surface area contributed by atoms with Gasteiger partial charge in [-0.05, 0) is 49.1 Å². The van der Waals surface area contributed by atoms with Gasteiger partial charge in [0.2, 0.25) is 0 Å². The van der Waals surface area contributed by atoms with Gasteiger partial charge in [0.1, 0.15) is 5.82 Å². The van der Waals surface area contributed by atoms with Crippen molar-refractivity contribution in [1.82, 2.24) is 5.32 Å². The number of carbonyl (C=O) groups excluding carboxylic acids is 1. The molecule has 0 fully saturated rings. The third-order valence-corrected chi connectivity index (χ3v) is 3.62. The minimum absolute atomic E-state index is 0.0748. The van der Waals surface area contributed by atoms with Crippen LogP contribution in [0.1, 0.15) is 25.3 Å². The second-order valence-electron chi connectivity index (χ2n) is 5.47. The zero-order chi connectivity index (χ0) is 17.4. The SMILES string of the molecule is CCC(Oc1ccccc1F)C(=O)NCCCc1ccc(F)cc1. The topological polar surface area (TPSA) is 38.3 Å². The van der Waals surface area contributed by atoms with Crippen molar-refractivity contribution in [1.29, 1.82) is 0 Å². The summed E-state index contributed by atoms with van der Waals surface area (Å²) in [7, 11) is 0. The van der Waals surface area contributed by atoms with Gasteiger partial charge in [0.05, 0.1) is 0 Å². The van der Waals surface area contributed by atoms with Crippen LogP contribution in [0.15, 0.2) is 48.5 Å². The van der Waals surface area contributed by atoms with E-state index in [-0.39, 0.29) is 17.5 Å². The molecule has 0 bridgehead atoms. The molecule has 0 aliphatic rings. The van der Waals surface area contributed by atoms with Gasteiger partial charge < -0.3 is 10.1 Å². The summed E-state index contributed by atoms with van der Waals surface area (Å²) in [6.45, 7) is 2.29. The number of benzene rings is 2. The van der Waals surface area contributed by atoms with E-state index in [2.05, 4.69) is 5.32 Å². The van der Waals surface area contributed by atoms with Crippen molar-refractivity contribution < 1.29 is 18.3 Å². The van der Waals surface area contributed by atoms with E-state index in [4.69, 9.17) is 4.74 Å². The first-order chi connectivity index (χ1) is 11.6. The summed E-state index contributed by atoms with van der Waals surface area (Å²) in [4.78, 5) is 12.1. The van der Waals surface area contributed by atoms with E-state index < -0.39 is 11.9 Å². The van der Waals surface area contributed by atoms with E-state index in [1.54, 1.807) is 24.3 Å². The molecule has 1 amide bonds. The van der Waals surface area contributed by atoms with Crippen molar-refractivity contribution in [2.24, 2.45) is 0 Å².